The van der Waals surface area contributed by atoms with Crippen LogP contribution in [0, 0.1) is 5.92 Å². The zero-order valence-electron chi connectivity index (χ0n) is 11.4. The number of likely N-dealkylation sites (tertiary alicyclic amines) is 1. The van der Waals surface area contributed by atoms with Crippen molar-refractivity contribution in [2.45, 2.75) is 51.7 Å². The summed E-state index contributed by atoms with van der Waals surface area (Å²) in [4.78, 5) is 13.3. The van der Waals surface area contributed by atoms with Gasteiger partial charge < -0.3 is 14.7 Å². The van der Waals surface area contributed by atoms with Crippen LogP contribution in [0.4, 0.5) is 0 Å². The SMILES string of the molecule is COC(C)(C)CCN1CCC(C(=O)O)CC1C. The normalized spacial score (nSPS) is 27.1. The van der Waals surface area contributed by atoms with Crippen molar-refractivity contribution in [2.24, 2.45) is 5.92 Å². The number of hydrogen-bond acceptors (Lipinski definition) is 3. The van der Waals surface area contributed by atoms with Crippen LogP contribution in [0.15, 0.2) is 0 Å². The lowest BCUT2D eigenvalue weighted by molar-refractivity contribution is -0.144. The maximum Gasteiger partial charge on any atom is 0.306 e. The maximum atomic E-state index is 10.9. The molecule has 1 aliphatic rings. The Bertz CT molecular complexity index is 265. The van der Waals surface area contributed by atoms with Crippen molar-refractivity contribution in [1.29, 1.82) is 0 Å². The predicted molar refractivity (Wildman–Crippen MR) is 67.1 cm³/mol. The molecule has 0 aromatic carbocycles. The van der Waals surface area contributed by atoms with Gasteiger partial charge in [0.2, 0.25) is 0 Å². The van der Waals surface area contributed by atoms with E-state index in [4.69, 9.17) is 9.84 Å². The lowest BCUT2D eigenvalue weighted by atomic mass is 9.91. The van der Waals surface area contributed by atoms with E-state index in [1.54, 1.807) is 7.11 Å². The summed E-state index contributed by atoms with van der Waals surface area (Å²) in [5.74, 6) is -0.801. The molecule has 17 heavy (non-hydrogen) atoms. The van der Waals surface area contributed by atoms with Gasteiger partial charge in [-0.2, -0.15) is 0 Å². The van der Waals surface area contributed by atoms with Crippen molar-refractivity contribution >= 4 is 5.97 Å². The minimum absolute atomic E-state index is 0.0939. The Morgan fingerprint density at radius 2 is 2.18 bits per heavy atom. The predicted octanol–water partition coefficient (Wildman–Crippen LogP) is 1.99. The molecule has 1 saturated heterocycles. The van der Waals surface area contributed by atoms with Crippen LogP contribution in [-0.4, -0.2) is 47.8 Å². The van der Waals surface area contributed by atoms with E-state index in [1.807, 2.05) is 0 Å². The van der Waals surface area contributed by atoms with Crippen molar-refractivity contribution in [2.75, 3.05) is 20.2 Å². The second-order valence-corrected chi connectivity index (χ2v) is 5.66. The molecule has 0 aromatic rings. The molecule has 2 unspecified atom stereocenters. The molecule has 0 aromatic heterocycles. The average Bonchev–Trinajstić information content (AvgIpc) is 2.27. The minimum Gasteiger partial charge on any atom is -0.481 e. The number of ether oxygens (including phenoxy) is 1. The van der Waals surface area contributed by atoms with Gasteiger partial charge in [-0.15, -0.1) is 0 Å². The highest BCUT2D eigenvalue weighted by atomic mass is 16.5. The second-order valence-electron chi connectivity index (χ2n) is 5.66. The first-order chi connectivity index (χ1) is 7.85. The summed E-state index contributed by atoms with van der Waals surface area (Å²) in [6, 6.07) is 0.359. The van der Waals surface area contributed by atoms with Crippen LogP contribution in [0.1, 0.15) is 40.0 Å². The molecule has 100 valence electrons. The van der Waals surface area contributed by atoms with Crippen LogP contribution < -0.4 is 0 Å². The highest BCUT2D eigenvalue weighted by Crippen LogP contribution is 2.24. The number of carboxylic acid groups (broad SMARTS) is 1. The van der Waals surface area contributed by atoms with E-state index in [0.717, 1.165) is 32.4 Å². The van der Waals surface area contributed by atoms with E-state index in [9.17, 15) is 4.79 Å². The fraction of sp³-hybridized carbons (Fsp3) is 0.923. The van der Waals surface area contributed by atoms with Gasteiger partial charge in [0, 0.05) is 19.7 Å². The summed E-state index contributed by atoms with van der Waals surface area (Å²) in [6.45, 7) is 8.16. The second kappa shape index (κ2) is 5.83. The van der Waals surface area contributed by atoms with Crippen LogP contribution >= 0.6 is 0 Å². The van der Waals surface area contributed by atoms with Gasteiger partial charge in [-0.05, 0) is 46.6 Å². The van der Waals surface area contributed by atoms with Crippen LogP contribution in [0.5, 0.6) is 0 Å². The summed E-state index contributed by atoms with van der Waals surface area (Å²) >= 11 is 0. The zero-order valence-corrected chi connectivity index (χ0v) is 11.4. The van der Waals surface area contributed by atoms with Gasteiger partial charge in [-0.3, -0.25) is 4.79 Å². The molecule has 0 spiro atoms. The number of hydrogen-bond donors (Lipinski definition) is 1. The van der Waals surface area contributed by atoms with Crippen molar-refractivity contribution in [3.63, 3.8) is 0 Å². The lowest BCUT2D eigenvalue weighted by Gasteiger charge is -2.37. The number of methoxy groups -OCH3 is 1. The van der Waals surface area contributed by atoms with Crippen molar-refractivity contribution in [3.05, 3.63) is 0 Å². The van der Waals surface area contributed by atoms with Gasteiger partial charge in [0.1, 0.15) is 0 Å². The van der Waals surface area contributed by atoms with E-state index in [2.05, 4.69) is 25.7 Å². The third-order valence-corrected chi connectivity index (χ3v) is 3.92. The van der Waals surface area contributed by atoms with E-state index < -0.39 is 5.97 Å². The van der Waals surface area contributed by atoms with E-state index >= 15 is 0 Å². The molecular weight excluding hydrogens is 218 g/mol. The number of nitrogens with zero attached hydrogens (tertiary/aromatic N) is 1. The Labute approximate surface area is 104 Å². The lowest BCUT2D eigenvalue weighted by Crippen LogP contribution is -2.44. The standard InChI is InChI=1S/C13H25NO3/c1-10-9-11(12(15)16)5-7-14(10)8-6-13(2,3)17-4/h10-11H,5-9H2,1-4H3,(H,15,16). The number of rotatable bonds is 5. The Morgan fingerprint density at radius 1 is 1.53 bits per heavy atom. The highest BCUT2D eigenvalue weighted by Gasteiger charge is 2.30. The Morgan fingerprint density at radius 3 is 2.65 bits per heavy atom. The summed E-state index contributed by atoms with van der Waals surface area (Å²) in [5, 5.41) is 9.00. The van der Waals surface area contributed by atoms with Gasteiger partial charge >= 0.3 is 5.97 Å². The monoisotopic (exact) mass is 243 g/mol. The van der Waals surface area contributed by atoms with Crippen molar-refractivity contribution in [1.82, 2.24) is 4.90 Å². The molecule has 4 heteroatoms. The summed E-state index contributed by atoms with van der Waals surface area (Å²) in [6.07, 6.45) is 2.52. The van der Waals surface area contributed by atoms with Crippen LogP contribution in [-0.2, 0) is 9.53 Å². The van der Waals surface area contributed by atoms with Gasteiger partial charge in [-0.1, -0.05) is 0 Å². The van der Waals surface area contributed by atoms with Crippen molar-refractivity contribution < 1.29 is 14.6 Å². The fourth-order valence-corrected chi connectivity index (χ4v) is 2.29. The van der Waals surface area contributed by atoms with E-state index in [1.165, 1.54) is 0 Å². The largest absolute Gasteiger partial charge is 0.481 e. The first kappa shape index (κ1) is 14.5. The van der Waals surface area contributed by atoms with E-state index in [0.29, 0.717) is 6.04 Å². The Kier molecular flexibility index (Phi) is 4.95. The molecule has 0 bridgehead atoms. The molecule has 0 saturated carbocycles. The number of piperidine rings is 1. The third kappa shape index (κ3) is 4.28. The summed E-state index contributed by atoms with van der Waals surface area (Å²) in [7, 11) is 1.74. The van der Waals surface area contributed by atoms with E-state index in [-0.39, 0.29) is 11.5 Å². The first-order valence-corrected chi connectivity index (χ1v) is 6.38. The number of carbonyl (C=O) groups is 1. The van der Waals surface area contributed by atoms with Crippen LogP contribution in [0.3, 0.4) is 0 Å². The molecule has 2 atom stereocenters. The highest BCUT2D eigenvalue weighted by molar-refractivity contribution is 5.70. The molecule has 0 radical (unpaired) electrons. The number of aliphatic carboxylic acids is 1. The third-order valence-electron chi connectivity index (χ3n) is 3.92. The Balaban J connectivity index is 2.40. The quantitative estimate of drug-likeness (QED) is 0.802. The van der Waals surface area contributed by atoms with Gasteiger partial charge in [0.25, 0.3) is 0 Å². The Hall–Kier alpha value is -0.610. The smallest absolute Gasteiger partial charge is 0.306 e. The number of carboxylic acids is 1. The van der Waals surface area contributed by atoms with Crippen LogP contribution in [0.2, 0.25) is 0 Å². The fourth-order valence-electron chi connectivity index (χ4n) is 2.29. The zero-order chi connectivity index (χ0) is 13.1. The molecule has 4 nitrogen and oxygen atoms in total. The van der Waals surface area contributed by atoms with Crippen LogP contribution in [0.25, 0.3) is 0 Å². The molecule has 1 rings (SSSR count). The van der Waals surface area contributed by atoms with Gasteiger partial charge in [-0.25, -0.2) is 0 Å². The van der Waals surface area contributed by atoms with Gasteiger partial charge in [0.15, 0.2) is 0 Å². The average molecular weight is 243 g/mol. The summed E-state index contributed by atoms with van der Waals surface area (Å²) in [5.41, 5.74) is -0.0939. The minimum atomic E-state index is -0.645. The maximum absolute atomic E-state index is 10.9. The topological polar surface area (TPSA) is 49.8 Å². The molecular formula is C13H25NO3. The molecule has 1 aliphatic heterocycles. The summed E-state index contributed by atoms with van der Waals surface area (Å²) < 4.78 is 5.40. The molecule has 1 fully saturated rings. The molecule has 1 heterocycles. The molecule has 0 aliphatic carbocycles. The van der Waals surface area contributed by atoms with Gasteiger partial charge in [0.05, 0.1) is 11.5 Å². The van der Waals surface area contributed by atoms with Crippen molar-refractivity contribution in [3.8, 4) is 0 Å². The first-order valence-electron chi connectivity index (χ1n) is 6.38. The molecule has 1 N–H and O–H groups in total. The molecule has 0 amide bonds.